The summed E-state index contributed by atoms with van der Waals surface area (Å²) in [5, 5.41) is 8.65. The number of hydrogen-bond acceptors (Lipinski definition) is 3. The van der Waals surface area contributed by atoms with E-state index in [0.717, 1.165) is 16.7 Å². The number of benzene rings is 2. The van der Waals surface area contributed by atoms with Crippen molar-refractivity contribution in [2.24, 2.45) is 0 Å². The molecule has 1 N–H and O–H groups in total. The van der Waals surface area contributed by atoms with Crippen LogP contribution >= 0.6 is 0 Å². The van der Waals surface area contributed by atoms with Gasteiger partial charge in [-0.2, -0.15) is 0 Å². The van der Waals surface area contributed by atoms with Gasteiger partial charge >= 0.3 is 11.9 Å². The lowest BCUT2D eigenvalue weighted by atomic mass is 10.0. The Morgan fingerprint density at radius 3 is 1.91 bits per heavy atom. The van der Waals surface area contributed by atoms with Crippen LogP contribution in [0.3, 0.4) is 0 Å². The highest BCUT2D eigenvalue weighted by atomic mass is 16.5. The maximum Gasteiger partial charge on any atom is 0.307 e. The van der Waals surface area contributed by atoms with Gasteiger partial charge in [-0.05, 0) is 23.6 Å². The van der Waals surface area contributed by atoms with E-state index in [1.165, 1.54) is 6.92 Å². The van der Waals surface area contributed by atoms with Gasteiger partial charge in [0, 0.05) is 6.92 Å². The highest BCUT2D eigenvalue weighted by molar-refractivity contribution is 5.71. The van der Waals surface area contributed by atoms with Gasteiger partial charge in [0.1, 0.15) is 0 Å². The van der Waals surface area contributed by atoms with E-state index in [4.69, 9.17) is 5.11 Å². The average molecular weight is 300 g/mol. The van der Waals surface area contributed by atoms with E-state index < -0.39 is 5.97 Å². The first kappa shape index (κ1) is 17.4. The third kappa shape index (κ3) is 6.70. The molecule has 0 saturated heterocycles. The van der Waals surface area contributed by atoms with Crippen LogP contribution in [-0.2, 0) is 20.7 Å². The van der Waals surface area contributed by atoms with Crippen LogP contribution in [0, 0.1) is 0 Å². The Balaban J connectivity index is 0.000000346. The second-order valence-electron chi connectivity index (χ2n) is 4.56. The van der Waals surface area contributed by atoms with E-state index in [1.54, 1.807) is 6.92 Å². The van der Waals surface area contributed by atoms with Crippen molar-refractivity contribution in [3.63, 3.8) is 0 Å². The number of carboxylic acids is 1. The Morgan fingerprint density at radius 1 is 0.955 bits per heavy atom. The lowest BCUT2D eigenvalue weighted by Crippen LogP contribution is -1.99. The highest BCUT2D eigenvalue weighted by Gasteiger charge is 2.01. The molecular weight excluding hydrogens is 280 g/mol. The molecule has 2 aromatic carbocycles. The maximum absolute atomic E-state index is 10.5. The number of aliphatic carboxylic acids is 1. The van der Waals surface area contributed by atoms with Crippen LogP contribution in [0.4, 0.5) is 0 Å². The van der Waals surface area contributed by atoms with Crippen molar-refractivity contribution in [1.82, 2.24) is 0 Å². The number of carbonyl (C=O) groups is 2. The largest absolute Gasteiger partial charge is 0.481 e. The van der Waals surface area contributed by atoms with Crippen molar-refractivity contribution in [1.29, 1.82) is 0 Å². The first-order valence-electron chi connectivity index (χ1n) is 7.02. The number of hydrogen-bond donors (Lipinski definition) is 1. The fraction of sp³-hybridized carbons (Fsp3) is 0.222. The Kier molecular flexibility index (Phi) is 7.40. The van der Waals surface area contributed by atoms with Gasteiger partial charge in [-0.15, -0.1) is 0 Å². The van der Waals surface area contributed by atoms with Crippen molar-refractivity contribution in [2.45, 2.75) is 20.3 Å². The molecule has 0 aliphatic heterocycles. The van der Waals surface area contributed by atoms with Gasteiger partial charge in [0.05, 0.1) is 13.0 Å². The molecule has 0 heterocycles. The Hall–Kier alpha value is -2.62. The van der Waals surface area contributed by atoms with Gasteiger partial charge in [0.2, 0.25) is 0 Å². The summed E-state index contributed by atoms with van der Waals surface area (Å²) in [6.07, 6.45) is 0.0784. The molecule has 0 aromatic heterocycles. The molecule has 4 heteroatoms. The second-order valence-corrected chi connectivity index (χ2v) is 4.56. The number of carbonyl (C=O) groups excluding carboxylic acids is 1. The number of carboxylic acid groups (broad SMARTS) is 1. The number of esters is 1. The molecule has 0 atom stereocenters. The first-order valence-corrected chi connectivity index (χ1v) is 7.02. The minimum atomic E-state index is -0.799. The van der Waals surface area contributed by atoms with E-state index in [0.29, 0.717) is 6.61 Å². The van der Waals surface area contributed by atoms with Crippen LogP contribution in [0.1, 0.15) is 19.4 Å². The molecule has 0 unspecified atom stereocenters. The zero-order chi connectivity index (χ0) is 16.4. The summed E-state index contributed by atoms with van der Waals surface area (Å²) in [5.41, 5.74) is 3.08. The Labute approximate surface area is 130 Å². The van der Waals surface area contributed by atoms with Crippen molar-refractivity contribution in [3.8, 4) is 11.1 Å². The molecule has 0 amide bonds. The monoisotopic (exact) mass is 300 g/mol. The van der Waals surface area contributed by atoms with E-state index in [1.807, 2.05) is 54.6 Å². The molecule has 0 bridgehead atoms. The molecular formula is C18H20O4. The van der Waals surface area contributed by atoms with Crippen LogP contribution < -0.4 is 0 Å². The minimum absolute atomic E-state index is 0.0784. The summed E-state index contributed by atoms with van der Waals surface area (Å²) in [6, 6.07) is 17.6. The zero-order valence-corrected chi connectivity index (χ0v) is 12.8. The summed E-state index contributed by atoms with van der Waals surface area (Å²) in [7, 11) is 0. The summed E-state index contributed by atoms with van der Waals surface area (Å²) < 4.78 is 4.40. The maximum atomic E-state index is 10.5. The summed E-state index contributed by atoms with van der Waals surface area (Å²) in [6.45, 7) is 3.65. The minimum Gasteiger partial charge on any atom is -0.481 e. The van der Waals surface area contributed by atoms with E-state index in [-0.39, 0.29) is 12.4 Å². The topological polar surface area (TPSA) is 63.6 Å². The fourth-order valence-corrected chi connectivity index (χ4v) is 1.82. The molecule has 2 rings (SSSR count). The molecule has 0 radical (unpaired) electrons. The van der Waals surface area contributed by atoms with Crippen molar-refractivity contribution < 1.29 is 19.4 Å². The van der Waals surface area contributed by atoms with Gasteiger partial charge in [0.15, 0.2) is 0 Å². The van der Waals surface area contributed by atoms with Crippen LogP contribution in [0.2, 0.25) is 0 Å². The predicted octanol–water partition coefficient (Wildman–Crippen LogP) is 3.55. The second kappa shape index (κ2) is 9.34. The van der Waals surface area contributed by atoms with Crippen LogP contribution in [0.5, 0.6) is 0 Å². The van der Waals surface area contributed by atoms with Gasteiger partial charge < -0.3 is 9.84 Å². The lowest BCUT2D eigenvalue weighted by Gasteiger charge is -2.02. The molecule has 2 aromatic rings. The molecule has 0 spiro atoms. The van der Waals surface area contributed by atoms with E-state index >= 15 is 0 Å². The van der Waals surface area contributed by atoms with E-state index in [9.17, 15) is 9.59 Å². The van der Waals surface area contributed by atoms with E-state index in [2.05, 4.69) is 4.74 Å². The summed E-state index contributed by atoms with van der Waals surface area (Å²) >= 11 is 0. The molecule has 0 saturated carbocycles. The average Bonchev–Trinajstić information content (AvgIpc) is 2.49. The number of ether oxygens (including phenoxy) is 1. The fourth-order valence-electron chi connectivity index (χ4n) is 1.82. The van der Waals surface area contributed by atoms with Gasteiger partial charge in [-0.1, -0.05) is 54.6 Å². The molecule has 4 nitrogen and oxygen atoms in total. The third-order valence-corrected chi connectivity index (χ3v) is 2.76. The standard InChI is InChI=1S/C14H12O2.C4H8O2/c15-14(16)10-11-6-8-13(9-7-11)12-4-2-1-3-5-12;1-3-6-4(2)5/h1-9H,10H2,(H,15,16);3H2,1-2H3. The SMILES string of the molecule is CCOC(C)=O.O=C(O)Cc1ccc(-c2ccccc2)cc1. The molecule has 0 aliphatic rings. The summed E-state index contributed by atoms with van der Waals surface area (Å²) in [5.74, 6) is -1.01. The van der Waals surface area contributed by atoms with Gasteiger partial charge in [-0.3, -0.25) is 9.59 Å². The summed E-state index contributed by atoms with van der Waals surface area (Å²) in [4.78, 5) is 20.3. The first-order chi connectivity index (χ1) is 10.5. The Bertz CT molecular complexity index is 588. The lowest BCUT2D eigenvalue weighted by molar-refractivity contribution is -0.140. The molecule has 0 aliphatic carbocycles. The molecule has 0 fully saturated rings. The van der Waals surface area contributed by atoms with Gasteiger partial charge in [-0.25, -0.2) is 0 Å². The quantitative estimate of drug-likeness (QED) is 0.877. The van der Waals surface area contributed by atoms with Crippen LogP contribution in [0.15, 0.2) is 54.6 Å². The molecule has 22 heavy (non-hydrogen) atoms. The zero-order valence-electron chi connectivity index (χ0n) is 12.8. The van der Waals surface area contributed by atoms with Crippen LogP contribution in [0.25, 0.3) is 11.1 Å². The highest BCUT2D eigenvalue weighted by Crippen LogP contribution is 2.19. The van der Waals surface area contributed by atoms with Crippen molar-refractivity contribution in [3.05, 3.63) is 60.2 Å². The molecule has 116 valence electrons. The predicted molar refractivity (Wildman–Crippen MR) is 85.5 cm³/mol. The van der Waals surface area contributed by atoms with Crippen molar-refractivity contribution in [2.75, 3.05) is 6.61 Å². The smallest absolute Gasteiger partial charge is 0.307 e. The Morgan fingerprint density at radius 2 is 1.50 bits per heavy atom. The normalized spacial score (nSPS) is 9.36. The third-order valence-electron chi connectivity index (χ3n) is 2.76. The van der Waals surface area contributed by atoms with Gasteiger partial charge in [0.25, 0.3) is 0 Å². The number of rotatable bonds is 4. The van der Waals surface area contributed by atoms with Crippen LogP contribution in [-0.4, -0.2) is 23.7 Å². The van der Waals surface area contributed by atoms with Crippen molar-refractivity contribution >= 4 is 11.9 Å².